The number of nitrogens with one attached hydrogen (secondary N) is 2. The van der Waals surface area contributed by atoms with E-state index in [1.54, 1.807) is 6.07 Å². The maximum Gasteiger partial charge on any atom is 0.253 e. The number of rotatable bonds is 6. The molecule has 0 aliphatic carbocycles. The van der Waals surface area contributed by atoms with Crippen molar-refractivity contribution in [3.63, 3.8) is 0 Å². The van der Waals surface area contributed by atoms with E-state index < -0.39 is 21.5 Å². The topological polar surface area (TPSA) is 108 Å². The van der Waals surface area contributed by atoms with E-state index in [0.717, 1.165) is 4.31 Å². The fraction of sp³-hybridized carbons (Fsp3) is 0.579. The van der Waals surface area contributed by atoms with E-state index in [2.05, 4.69) is 10.6 Å². The van der Waals surface area contributed by atoms with E-state index in [1.807, 2.05) is 25.7 Å². The van der Waals surface area contributed by atoms with Crippen molar-refractivity contribution in [3.8, 4) is 0 Å². The Hall–Kier alpha value is -2.17. The summed E-state index contributed by atoms with van der Waals surface area (Å²) in [6.45, 7) is 7.55. The number of hydrogen-bond acceptors (Lipinski definition) is 6. The van der Waals surface area contributed by atoms with Gasteiger partial charge in [0, 0.05) is 38.4 Å². The quantitative estimate of drug-likeness (QED) is 0.683. The highest BCUT2D eigenvalue weighted by Crippen LogP contribution is 2.26. The van der Waals surface area contributed by atoms with Gasteiger partial charge >= 0.3 is 0 Å². The van der Waals surface area contributed by atoms with Crippen molar-refractivity contribution in [2.24, 2.45) is 0 Å². The van der Waals surface area contributed by atoms with Crippen LogP contribution in [0.1, 0.15) is 31.1 Å². The zero-order chi connectivity index (χ0) is 21.8. The zero-order valence-corrected chi connectivity index (χ0v) is 18.4. The molecule has 10 heteroatoms. The SMILES string of the molecule is CN(C)S(=O)(=O)c1ccc(N2CCOCC2)c(C(=O)NCC(=O)NC(C)(C)C)c1. The Labute approximate surface area is 172 Å². The first kappa shape index (κ1) is 23.1. The van der Waals surface area contributed by atoms with Crippen LogP contribution in [0.3, 0.4) is 0 Å². The number of morpholine rings is 1. The van der Waals surface area contributed by atoms with E-state index >= 15 is 0 Å². The second-order valence-electron chi connectivity index (χ2n) is 8.05. The molecule has 1 saturated heterocycles. The summed E-state index contributed by atoms with van der Waals surface area (Å²) in [5, 5.41) is 5.36. The van der Waals surface area contributed by atoms with Crippen LogP contribution in [-0.2, 0) is 19.6 Å². The average Bonchev–Trinajstić information content (AvgIpc) is 2.64. The van der Waals surface area contributed by atoms with Crippen molar-refractivity contribution in [2.75, 3.05) is 51.8 Å². The molecule has 1 aromatic carbocycles. The minimum Gasteiger partial charge on any atom is -0.378 e. The van der Waals surface area contributed by atoms with Gasteiger partial charge in [-0.25, -0.2) is 12.7 Å². The van der Waals surface area contributed by atoms with Crippen molar-refractivity contribution in [1.82, 2.24) is 14.9 Å². The molecule has 1 aliphatic heterocycles. The Bertz CT molecular complexity index is 856. The number of ether oxygens (including phenoxy) is 1. The lowest BCUT2D eigenvalue weighted by molar-refractivity contribution is -0.121. The number of carbonyl (C=O) groups is 2. The van der Waals surface area contributed by atoms with Gasteiger partial charge in [0.15, 0.2) is 0 Å². The third-order valence-electron chi connectivity index (χ3n) is 4.27. The molecule has 1 aliphatic rings. The number of sulfonamides is 1. The lowest BCUT2D eigenvalue weighted by atomic mass is 10.1. The maximum atomic E-state index is 12.9. The molecule has 0 radical (unpaired) electrons. The highest BCUT2D eigenvalue weighted by Gasteiger charge is 2.24. The molecule has 162 valence electrons. The molecular formula is C19H30N4O5S. The molecule has 2 amide bonds. The summed E-state index contributed by atoms with van der Waals surface area (Å²) < 4.78 is 31.5. The van der Waals surface area contributed by atoms with E-state index in [9.17, 15) is 18.0 Å². The van der Waals surface area contributed by atoms with E-state index in [-0.39, 0.29) is 22.9 Å². The summed E-state index contributed by atoms with van der Waals surface area (Å²) in [7, 11) is -0.840. The highest BCUT2D eigenvalue weighted by atomic mass is 32.2. The van der Waals surface area contributed by atoms with Gasteiger partial charge in [0.2, 0.25) is 15.9 Å². The lowest BCUT2D eigenvalue weighted by Gasteiger charge is -2.30. The average molecular weight is 427 g/mol. The molecule has 2 N–H and O–H groups in total. The molecule has 1 heterocycles. The summed E-state index contributed by atoms with van der Waals surface area (Å²) >= 11 is 0. The Morgan fingerprint density at radius 3 is 2.34 bits per heavy atom. The number of nitrogens with zero attached hydrogens (tertiary/aromatic N) is 2. The highest BCUT2D eigenvalue weighted by molar-refractivity contribution is 7.89. The Morgan fingerprint density at radius 1 is 1.17 bits per heavy atom. The molecule has 0 saturated carbocycles. The number of carbonyl (C=O) groups excluding carboxylic acids is 2. The maximum absolute atomic E-state index is 12.9. The van der Waals surface area contributed by atoms with Crippen LogP contribution in [0.5, 0.6) is 0 Å². The minimum absolute atomic E-state index is 0.0174. The molecule has 0 aromatic heterocycles. The van der Waals surface area contributed by atoms with Gasteiger partial charge in [0.1, 0.15) is 0 Å². The molecule has 1 fully saturated rings. The summed E-state index contributed by atoms with van der Waals surface area (Å²) in [4.78, 5) is 26.9. The monoisotopic (exact) mass is 426 g/mol. The first-order valence-corrected chi connectivity index (χ1v) is 10.8. The van der Waals surface area contributed by atoms with Gasteiger partial charge in [0.25, 0.3) is 5.91 Å². The third-order valence-corrected chi connectivity index (χ3v) is 6.08. The van der Waals surface area contributed by atoms with Gasteiger partial charge < -0.3 is 20.3 Å². The molecule has 9 nitrogen and oxygen atoms in total. The largest absolute Gasteiger partial charge is 0.378 e. The first-order chi connectivity index (χ1) is 13.4. The molecule has 1 aromatic rings. The van der Waals surface area contributed by atoms with Crippen molar-refractivity contribution >= 4 is 27.5 Å². The molecule has 29 heavy (non-hydrogen) atoms. The first-order valence-electron chi connectivity index (χ1n) is 9.40. The van der Waals surface area contributed by atoms with E-state index in [4.69, 9.17) is 4.74 Å². The van der Waals surface area contributed by atoms with E-state index in [1.165, 1.54) is 26.2 Å². The third kappa shape index (κ3) is 6.15. The Morgan fingerprint density at radius 2 is 1.79 bits per heavy atom. The molecule has 0 bridgehead atoms. The fourth-order valence-corrected chi connectivity index (χ4v) is 3.79. The van der Waals surface area contributed by atoms with Crippen LogP contribution < -0.4 is 15.5 Å². The Balaban J connectivity index is 2.32. The number of anilines is 1. The van der Waals surface area contributed by atoms with Gasteiger partial charge in [-0.05, 0) is 39.0 Å². The van der Waals surface area contributed by atoms with Crippen LogP contribution in [0, 0.1) is 0 Å². The molecule has 0 spiro atoms. The van der Waals surface area contributed by atoms with Crippen molar-refractivity contribution < 1.29 is 22.7 Å². The predicted molar refractivity (Wildman–Crippen MR) is 111 cm³/mol. The molecule has 0 atom stereocenters. The zero-order valence-electron chi connectivity index (χ0n) is 17.6. The second kappa shape index (κ2) is 9.10. The normalized spacial score (nSPS) is 15.3. The summed E-state index contributed by atoms with van der Waals surface area (Å²) in [5.74, 6) is -0.831. The van der Waals surface area contributed by atoms with Crippen LogP contribution in [0.15, 0.2) is 23.1 Å². The standard InChI is InChI=1S/C19H30N4O5S/c1-19(2,3)21-17(24)13-20-18(25)15-12-14(29(26,27)22(4)5)6-7-16(15)23-8-10-28-11-9-23/h6-7,12H,8-11,13H2,1-5H3,(H,20,25)(H,21,24). The molecule has 2 rings (SSSR count). The van der Waals surface area contributed by atoms with Crippen molar-refractivity contribution in [3.05, 3.63) is 23.8 Å². The van der Waals surface area contributed by atoms with Gasteiger partial charge in [-0.2, -0.15) is 0 Å². The van der Waals surface area contributed by atoms with Gasteiger partial charge in [-0.1, -0.05) is 0 Å². The second-order valence-corrected chi connectivity index (χ2v) is 10.2. The predicted octanol–water partition coefficient (Wildman–Crippen LogP) is 0.418. The Kier molecular flexibility index (Phi) is 7.25. The van der Waals surface area contributed by atoms with Gasteiger partial charge in [0.05, 0.1) is 30.2 Å². The van der Waals surface area contributed by atoms with Crippen LogP contribution in [0.25, 0.3) is 0 Å². The number of amides is 2. The van der Waals surface area contributed by atoms with E-state index in [0.29, 0.717) is 32.0 Å². The van der Waals surface area contributed by atoms with Crippen LogP contribution in [0.4, 0.5) is 5.69 Å². The van der Waals surface area contributed by atoms with Crippen LogP contribution in [-0.4, -0.2) is 77.0 Å². The smallest absolute Gasteiger partial charge is 0.253 e. The molecule has 0 unspecified atom stereocenters. The van der Waals surface area contributed by atoms with Crippen molar-refractivity contribution in [1.29, 1.82) is 0 Å². The minimum atomic E-state index is -3.70. The fourth-order valence-electron chi connectivity index (χ4n) is 2.87. The summed E-state index contributed by atoms with van der Waals surface area (Å²) in [5.41, 5.74) is 0.402. The molecular weight excluding hydrogens is 396 g/mol. The summed E-state index contributed by atoms with van der Waals surface area (Å²) in [6.07, 6.45) is 0. The summed E-state index contributed by atoms with van der Waals surface area (Å²) in [6, 6.07) is 4.48. The van der Waals surface area contributed by atoms with Crippen LogP contribution >= 0.6 is 0 Å². The lowest BCUT2D eigenvalue weighted by Crippen LogP contribution is -2.46. The van der Waals surface area contributed by atoms with Crippen LogP contribution in [0.2, 0.25) is 0 Å². The van der Waals surface area contributed by atoms with Crippen molar-refractivity contribution in [2.45, 2.75) is 31.2 Å². The number of benzene rings is 1. The van der Waals surface area contributed by atoms with Gasteiger partial charge in [-0.15, -0.1) is 0 Å². The van der Waals surface area contributed by atoms with Gasteiger partial charge in [-0.3, -0.25) is 9.59 Å². The number of hydrogen-bond donors (Lipinski definition) is 2.